The molecule has 0 saturated heterocycles. The van der Waals surface area contributed by atoms with E-state index in [0.29, 0.717) is 25.0 Å². The van der Waals surface area contributed by atoms with Gasteiger partial charge in [-0.1, -0.05) is 44.2 Å². The molecule has 0 aliphatic heterocycles. The van der Waals surface area contributed by atoms with E-state index in [-0.39, 0.29) is 5.92 Å². The molecule has 0 amide bonds. The van der Waals surface area contributed by atoms with E-state index >= 15 is 0 Å². The van der Waals surface area contributed by atoms with Crippen LogP contribution in [0, 0.1) is 11.8 Å². The number of hydrogen-bond donors (Lipinski definition) is 1. The quantitative estimate of drug-likeness (QED) is 0.568. The van der Waals surface area contributed by atoms with Crippen LogP contribution in [0.1, 0.15) is 31.7 Å². The zero-order valence-corrected chi connectivity index (χ0v) is 11.5. The number of hydrogen-bond acceptors (Lipinski definition) is 3. The molecule has 0 saturated carbocycles. The maximum Gasteiger partial charge on any atom is 0.0857 e. The van der Waals surface area contributed by atoms with Crippen molar-refractivity contribution in [2.75, 3.05) is 20.3 Å². The van der Waals surface area contributed by atoms with Crippen LogP contribution in [0.4, 0.5) is 0 Å². The van der Waals surface area contributed by atoms with Crippen molar-refractivity contribution in [1.29, 1.82) is 0 Å². The van der Waals surface area contributed by atoms with Crippen molar-refractivity contribution in [2.24, 2.45) is 11.8 Å². The summed E-state index contributed by atoms with van der Waals surface area (Å²) >= 11 is 0. The van der Waals surface area contributed by atoms with Gasteiger partial charge in [0.1, 0.15) is 0 Å². The second-order valence-corrected chi connectivity index (χ2v) is 4.82. The Balaban J connectivity index is 2.87. The van der Waals surface area contributed by atoms with Crippen molar-refractivity contribution < 1.29 is 14.9 Å². The summed E-state index contributed by atoms with van der Waals surface area (Å²) in [5.41, 5.74) is 1.30. The fraction of sp³-hybridized carbons (Fsp3) is 0.600. The molecular formula is C15H24O3. The lowest BCUT2D eigenvalue weighted by Crippen LogP contribution is -2.27. The van der Waals surface area contributed by atoms with Crippen molar-refractivity contribution in [3.63, 3.8) is 0 Å². The van der Waals surface area contributed by atoms with Crippen molar-refractivity contribution in [3.05, 3.63) is 35.9 Å². The van der Waals surface area contributed by atoms with Crippen LogP contribution in [0.2, 0.25) is 0 Å². The summed E-state index contributed by atoms with van der Waals surface area (Å²) in [5.74, 6) is 0.971. The molecule has 0 spiro atoms. The molecule has 0 heterocycles. The molecule has 3 nitrogen and oxygen atoms in total. The molecule has 0 aliphatic carbocycles. The average Bonchev–Trinajstić information content (AvgIpc) is 2.40. The highest BCUT2D eigenvalue weighted by Crippen LogP contribution is 2.33. The van der Waals surface area contributed by atoms with Gasteiger partial charge in [-0.05, 0) is 29.7 Å². The molecular weight excluding hydrogens is 228 g/mol. The second kappa shape index (κ2) is 8.25. The topological polar surface area (TPSA) is 38.7 Å². The zero-order valence-electron chi connectivity index (χ0n) is 11.5. The van der Waals surface area contributed by atoms with E-state index in [4.69, 9.17) is 9.99 Å². The van der Waals surface area contributed by atoms with Gasteiger partial charge < -0.3 is 4.74 Å². The van der Waals surface area contributed by atoms with Crippen LogP contribution < -0.4 is 0 Å². The van der Waals surface area contributed by atoms with Crippen LogP contribution >= 0.6 is 0 Å². The molecule has 0 aromatic heterocycles. The van der Waals surface area contributed by atoms with Gasteiger partial charge in [-0.2, -0.15) is 0 Å². The summed E-state index contributed by atoms with van der Waals surface area (Å²) in [5, 5.41) is 8.80. The molecule has 3 atom stereocenters. The third-order valence-corrected chi connectivity index (χ3v) is 3.61. The van der Waals surface area contributed by atoms with E-state index in [0.717, 1.165) is 6.42 Å². The summed E-state index contributed by atoms with van der Waals surface area (Å²) < 4.78 is 5.22. The molecule has 102 valence electrons. The average molecular weight is 252 g/mol. The molecule has 3 unspecified atom stereocenters. The Morgan fingerprint density at radius 3 is 2.33 bits per heavy atom. The van der Waals surface area contributed by atoms with Gasteiger partial charge in [0, 0.05) is 13.7 Å². The van der Waals surface area contributed by atoms with Crippen LogP contribution in [0.5, 0.6) is 0 Å². The maximum absolute atomic E-state index is 8.80. The Kier molecular flexibility index (Phi) is 6.94. The van der Waals surface area contributed by atoms with E-state index in [1.165, 1.54) is 5.56 Å². The van der Waals surface area contributed by atoms with Crippen molar-refractivity contribution in [3.8, 4) is 0 Å². The van der Waals surface area contributed by atoms with Gasteiger partial charge in [-0.25, -0.2) is 4.89 Å². The molecule has 1 aromatic carbocycles. The Morgan fingerprint density at radius 2 is 1.83 bits per heavy atom. The Bertz CT molecular complexity index is 313. The Morgan fingerprint density at radius 1 is 1.17 bits per heavy atom. The Hall–Kier alpha value is -0.900. The molecule has 1 rings (SSSR count). The molecule has 3 heteroatoms. The Labute approximate surface area is 110 Å². The van der Waals surface area contributed by atoms with Crippen molar-refractivity contribution in [1.82, 2.24) is 0 Å². The van der Waals surface area contributed by atoms with Gasteiger partial charge in [-0.15, -0.1) is 0 Å². The molecule has 0 aliphatic rings. The van der Waals surface area contributed by atoms with Crippen LogP contribution in [-0.2, 0) is 9.62 Å². The minimum Gasteiger partial charge on any atom is -0.384 e. The highest BCUT2D eigenvalue weighted by molar-refractivity contribution is 5.20. The zero-order chi connectivity index (χ0) is 13.4. The third-order valence-electron chi connectivity index (χ3n) is 3.61. The SMILES string of the molecule is CCC(c1ccccc1)C(COO)C(C)COC. The summed E-state index contributed by atoms with van der Waals surface area (Å²) in [4.78, 5) is 4.42. The number of ether oxygens (including phenoxy) is 1. The highest BCUT2D eigenvalue weighted by Gasteiger charge is 2.27. The normalized spacial score (nSPS) is 16.2. The molecule has 0 radical (unpaired) electrons. The fourth-order valence-corrected chi connectivity index (χ4v) is 2.64. The smallest absolute Gasteiger partial charge is 0.0857 e. The first-order valence-corrected chi connectivity index (χ1v) is 6.54. The van der Waals surface area contributed by atoms with Gasteiger partial charge in [0.15, 0.2) is 0 Å². The summed E-state index contributed by atoms with van der Waals surface area (Å²) in [6, 6.07) is 10.4. The first kappa shape index (κ1) is 15.2. The first-order valence-electron chi connectivity index (χ1n) is 6.54. The summed E-state index contributed by atoms with van der Waals surface area (Å²) in [6.07, 6.45) is 1.02. The fourth-order valence-electron chi connectivity index (χ4n) is 2.64. The number of methoxy groups -OCH3 is 1. The standard InChI is InChI=1S/C15H24O3/c1-4-14(13-8-6-5-7-9-13)15(11-18-16)12(2)10-17-3/h5-9,12,14-16H,4,10-11H2,1-3H3. The molecule has 1 N–H and O–H groups in total. The number of benzene rings is 1. The summed E-state index contributed by atoms with van der Waals surface area (Å²) in [6.45, 7) is 5.33. The van der Waals surface area contributed by atoms with Gasteiger partial charge in [0.25, 0.3) is 0 Å². The van der Waals surface area contributed by atoms with E-state index in [9.17, 15) is 0 Å². The van der Waals surface area contributed by atoms with E-state index in [2.05, 4.69) is 43.0 Å². The van der Waals surface area contributed by atoms with Crippen molar-refractivity contribution >= 4 is 0 Å². The van der Waals surface area contributed by atoms with Crippen LogP contribution in [0.25, 0.3) is 0 Å². The van der Waals surface area contributed by atoms with Crippen LogP contribution in [-0.4, -0.2) is 25.6 Å². The largest absolute Gasteiger partial charge is 0.384 e. The molecule has 18 heavy (non-hydrogen) atoms. The maximum atomic E-state index is 8.80. The van der Waals surface area contributed by atoms with Crippen LogP contribution in [0.3, 0.4) is 0 Å². The molecule has 1 aromatic rings. The molecule has 0 bridgehead atoms. The number of rotatable bonds is 8. The van der Waals surface area contributed by atoms with Crippen LogP contribution in [0.15, 0.2) is 30.3 Å². The van der Waals surface area contributed by atoms with Gasteiger partial charge >= 0.3 is 0 Å². The second-order valence-electron chi connectivity index (χ2n) is 4.82. The minimum absolute atomic E-state index is 0.252. The summed E-state index contributed by atoms with van der Waals surface area (Å²) in [7, 11) is 1.71. The lowest BCUT2D eigenvalue weighted by atomic mass is 9.78. The lowest BCUT2D eigenvalue weighted by molar-refractivity contribution is -0.255. The third kappa shape index (κ3) is 4.09. The lowest BCUT2D eigenvalue weighted by Gasteiger charge is -2.30. The van der Waals surface area contributed by atoms with Gasteiger partial charge in [0.2, 0.25) is 0 Å². The van der Waals surface area contributed by atoms with Gasteiger partial charge in [0.05, 0.1) is 6.61 Å². The minimum atomic E-state index is 0.252. The highest BCUT2D eigenvalue weighted by atomic mass is 17.1. The monoisotopic (exact) mass is 252 g/mol. The molecule has 0 fully saturated rings. The van der Waals surface area contributed by atoms with Gasteiger partial charge in [-0.3, -0.25) is 5.26 Å². The van der Waals surface area contributed by atoms with E-state index in [1.54, 1.807) is 7.11 Å². The predicted octanol–water partition coefficient (Wildman–Crippen LogP) is 3.57. The van der Waals surface area contributed by atoms with E-state index < -0.39 is 0 Å². The van der Waals surface area contributed by atoms with E-state index in [1.807, 2.05) is 6.07 Å². The predicted molar refractivity (Wildman–Crippen MR) is 72.6 cm³/mol. The first-order chi connectivity index (χ1) is 8.74. The van der Waals surface area contributed by atoms with Crippen molar-refractivity contribution in [2.45, 2.75) is 26.2 Å².